The Morgan fingerprint density at radius 1 is 1.26 bits per heavy atom. The highest BCUT2D eigenvalue weighted by molar-refractivity contribution is 6.33. The van der Waals surface area contributed by atoms with Gasteiger partial charge >= 0.3 is 0 Å². The number of para-hydroxylation sites is 1. The fourth-order valence-corrected chi connectivity index (χ4v) is 2.03. The third kappa shape index (κ3) is 2.20. The molecule has 3 rings (SSSR count). The minimum Gasteiger partial charge on any atom is -0.399 e. The van der Waals surface area contributed by atoms with Gasteiger partial charge in [0.15, 0.2) is 0 Å². The summed E-state index contributed by atoms with van der Waals surface area (Å²) in [5.41, 5.74) is 8.02. The van der Waals surface area contributed by atoms with E-state index in [4.69, 9.17) is 17.3 Å². The lowest BCUT2D eigenvalue weighted by atomic mass is 10.3. The van der Waals surface area contributed by atoms with E-state index >= 15 is 0 Å². The molecule has 0 unspecified atom stereocenters. The molecule has 0 amide bonds. The number of fused-ring (bicyclic) bond motifs is 1. The van der Waals surface area contributed by atoms with Crippen molar-refractivity contribution in [1.82, 2.24) is 9.97 Å². The molecule has 0 fully saturated rings. The number of rotatable bonds is 2. The Hall–Kier alpha value is -2.27. The molecule has 0 aliphatic heterocycles. The fraction of sp³-hybridized carbons (Fsp3) is 0. The number of hydrogen-bond donors (Lipinski definition) is 3. The molecule has 6 heteroatoms. The Labute approximate surface area is 113 Å². The molecule has 96 valence electrons. The molecule has 4 N–H and O–H groups in total. The van der Waals surface area contributed by atoms with Crippen LogP contribution in [0.5, 0.6) is 0 Å². The number of halogens is 2. The Morgan fingerprint density at radius 2 is 2.11 bits per heavy atom. The summed E-state index contributed by atoms with van der Waals surface area (Å²) in [5, 5.41) is 3.13. The molecule has 0 saturated carbocycles. The number of anilines is 3. The molecule has 0 atom stereocenters. The van der Waals surface area contributed by atoms with Crippen molar-refractivity contribution in [3.05, 3.63) is 47.2 Å². The summed E-state index contributed by atoms with van der Waals surface area (Å²) in [6, 6.07) is 9.78. The molecule has 1 heterocycles. The van der Waals surface area contributed by atoms with Crippen molar-refractivity contribution in [2.45, 2.75) is 0 Å². The molecule has 0 saturated heterocycles. The SMILES string of the molecule is Nc1ccc2nc(Nc3c(F)cccc3Cl)[nH]c2c1. The second-order valence-electron chi connectivity index (χ2n) is 4.08. The molecule has 1 aromatic heterocycles. The lowest BCUT2D eigenvalue weighted by Crippen LogP contribution is -1.96. The third-order valence-electron chi connectivity index (χ3n) is 2.71. The first-order valence-electron chi connectivity index (χ1n) is 5.60. The van der Waals surface area contributed by atoms with E-state index < -0.39 is 5.82 Å². The van der Waals surface area contributed by atoms with Gasteiger partial charge in [-0.15, -0.1) is 0 Å². The Balaban J connectivity index is 2.01. The minimum absolute atomic E-state index is 0.191. The average molecular weight is 277 g/mol. The van der Waals surface area contributed by atoms with Gasteiger partial charge in [0.25, 0.3) is 0 Å². The summed E-state index contributed by atoms with van der Waals surface area (Å²) in [5.74, 6) is -0.0277. The quantitative estimate of drug-likeness (QED) is 0.626. The minimum atomic E-state index is -0.438. The van der Waals surface area contributed by atoms with E-state index in [2.05, 4.69) is 15.3 Å². The number of nitrogens with two attached hydrogens (primary N) is 1. The van der Waals surface area contributed by atoms with Crippen LogP contribution in [0.4, 0.5) is 21.7 Å². The van der Waals surface area contributed by atoms with Crippen LogP contribution in [0.25, 0.3) is 11.0 Å². The maximum atomic E-state index is 13.6. The van der Waals surface area contributed by atoms with Crippen LogP contribution >= 0.6 is 11.6 Å². The van der Waals surface area contributed by atoms with Gasteiger partial charge in [0.1, 0.15) is 5.82 Å². The normalized spacial score (nSPS) is 10.8. The standard InChI is InChI=1S/C13H10ClFN4/c14-8-2-1-3-9(15)12(8)19-13-17-10-5-4-7(16)6-11(10)18-13/h1-6H,16H2,(H2,17,18,19). The van der Waals surface area contributed by atoms with E-state index in [1.54, 1.807) is 30.3 Å². The van der Waals surface area contributed by atoms with Crippen LogP contribution in [0, 0.1) is 5.82 Å². The van der Waals surface area contributed by atoms with Gasteiger partial charge in [0, 0.05) is 5.69 Å². The zero-order valence-electron chi connectivity index (χ0n) is 9.74. The molecular formula is C13H10ClFN4. The van der Waals surface area contributed by atoms with Gasteiger partial charge in [-0.2, -0.15) is 0 Å². The molecule has 0 radical (unpaired) electrons. The van der Waals surface area contributed by atoms with Crippen molar-refractivity contribution < 1.29 is 4.39 Å². The summed E-state index contributed by atoms with van der Waals surface area (Å²) in [7, 11) is 0. The molecular weight excluding hydrogens is 267 g/mol. The average Bonchev–Trinajstić information content (AvgIpc) is 2.75. The molecule has 0 aliphatic rings. The predicted molar refractivity (Wildman–Crippen MR) is 75.2 cm³/mol. The summed E-state index contributed by atoms with van der Waals surface area (Å²) in [6.45, 7) is 0. The smallest absolute Gasteiger partial charge is 0.205 e. The van der Waals surface area contributed by atoms with Crippen LogP contribution in [0.15, 0.2) is 36.4 Å². The fourth-order valence-electron chi connectivity index (χ4n) is 1.82. The number of benzene rings is 2. The first-order valence-corrected chi connectivity index (χ1v) is 5.97. The van der Waals surface area contributed by atoms with Gasteiger partial charge in [-0.3, -0.25) is 0 Å². The molecule has 2 aromatic carbocycles. The molecule has 0 spiro atoms. The summed E-state index contributed by atoms with van der Waals surface area (Å²) in [4.78, 5) is 7.30. The van der Waals surface area contributed by atoms with Gasteiger partial charge in [-0.05, 0) is 30.3 Å². The van der Waals surface area contributed by atoms with Crippen LogP contribution in [-0.4, -0.2) is 9.97 Å². The number of aromatic nitrogens is 2. The van der Waals surface area contributed by atoms with Crippen LogP contribution in [-0.2, 0) is 0 Å². The Kier molecular flexibility index (Phi) is 2.76. The van der Waals surface area contributed by atoms with E-state index in [1.165, 1.54) is 6.07 Å². The summed E-state index contributed by atoms with van der Waals surface area (Å²) in [6.07, 6.45) is 0. The second-order valence-corrected chi connectivity index (χ2v) is 4.49. The number of H-pyrrole nitrogens is 1. The van der Waals surface area contributed by atoms with E-state index in [9.17, 15) is 4.39 Å². The number of nitrogens with one attached hydrogen (secondary N) is 2. The van der Waals surface area contributed by atoms with Crippen molar-refractivity contribution in [3.8, 4) is 0 Å². The number of imidazole rings is 1. The highest BCUT2D eigenvalue weighted by Gasteiger charge is 2.09. The molecule has 3 aromatic rings. The van der Waals surface area contributed by atoms with Crippen molar-refractivity contribution in [3.63, 3.8) is 0 Å². The zero-order valence-corrected chi connectivity index (χ0v) is 10.5. The first-order chi connectivity index (χ1) is 9.13. The summed E-state index contributed by atoms with van der Waals surface area (Å²) < 4.78 is 13.6. The van der Waals surface area contributed by atoms with Gasteiger partial charge in [-0.25, -0.2) is 9.37 Å². The monoisotopic (exact) mass is 276 g/mol. The number of aromatic amines is 1. The van der Waals surface area contributed by atoms with Crippen LogP contribution in [0.3, 0.4) is 0 Å². The van der Waals surface area contributed by atoms with Gasteiger partial charge in [0.2, 0.25) is 5.95 Å². The first kappa shape index (κ1) is 11.8. The Bertz CT molecular complexity index is 733. The van der Waals surface area contributed by atoms with Crippen molar-refractivity contribution in [2.24, 2.45) is 0 Å². The Morgan fingerprint density at radius 3 is 2.89 bits per heavy atom. The van der Waals surface area contributed by atoms with E-state index in [-0.39, 0.29) is 5.69 Å². The van der Waals surface area contributed by atoms with E-state index in [1.807, 2.05) is 0 Å². The van der Waals surface area contributed by atoms with Crippen LogP contribution < -0.4 is 11.1 Å². The number of nitrogens with zero attached hydrogens (tertiary/aromatic N) is 1. The van der Waals surface area contributed by atoms with E-state index in [0.29, 0.717) is 16.7 Å². The van der Waals surface area contributed by atoms with Gasteiger partial charge < -0.3 is 16.0 Å². The third-order valence-corrected chi connectivity index (χ3v) is 3.03. The predicted octanol–water partition coefficient (Wildman–Crippen LogP) is 3.68. The summed E-state index contributed by atoms with van der Waals surface area (Å²) >= 11 is 5.94. The van der Waals surface area contributed by atoms with Crippen molar-refractivity contribution >= 4 is 40.0 Å². The lowest BCUT2D eigenvalue weighted by Gasteiger charge is -2.05. The second kappa shape index (κ2) is 4.44. The van der Waals surface area contributed by atoms with E-state index in [0.717, 1.165) is 11.0 Å². The highest BCUT2D eigenvalue weighted by atomic mass is 35.5. The van der Waals surface area contributed by atoms with Crippen LogP contribution in [0.2, 0.25) is 5.02 Å². The molecule has 0 aliphatic carbocycles. The lowest BCUT2D eigenvalue weighted by molar-refractivity contribution is 0.632. The topological polar surface area (TPSA) is 66.7 Å². The maximum Gasteiger partial charge on any atom is 0.205 e. The zero-order chi connectivity index (χ0) is 13.4. The van der Waals surface area contributed by atoms with Crippen molar-refractivity contribution in [2.75, 3.05) is 11.1 Å². The van der Waals surface area contributed by atoms with Crippen LogP contribution in [0.1, 0.15) is 0 Å². The molecule has 0 bridgehead atoms. The maximum absolute atomic E-state index is 13.6. The number of nitrogen functional groups attached to an aromatic ring is 1. The molecule has 19 heavy (non-hydrogen) atoms. The van der Waals surface area contributed by atoms with Crippen molar-refractivity contribution in [1.29, 1.82) is 0 Å². The van der Waals surface area contributed by atoms with Gasteiger partial charge in [-0.1, -0.05) is 17.7 Å². The number of hydrogen-bond acceptors (Lipinski definition) is 3. The largest absolute Gasteiger partial charge is 0.399 e. The molecule has 4 nitrogen and oxygen atoms in total. The van der Waals surface area contributed by atoms with Gasteiger partial charge in [0.05, 0.1) is 21.7 Å². The highest BCUT2D eigenvalue weighted by Crippen LogP contribution is 2.28.